The molecule has 3 rings (SSSR count). The number of nitrogens with zero attached hydrogens (tertiary/aromatic N) is 2. The molecular weight excluding hydrogens is 310 g/mol. The highest BCUT2D eigenvalue weighted by molar-refractivity contribution is 7.89. The lowest BCUT2D eigenvalue weighted by molar-refractivity contribution is 0.470. The SMILES string of the molecule is N#CN1CCC(NS(=O)(=O)c2ccc(-c3ccccc3)cc2)C1. The molecule has 0 saturated carbocycles. The molecule has 1 atom stereocenters. The van der Waals surface area contributed by atoms with Gasteiger partial charge in [0.05, 0.1) is 4.90 Å². The first kappa shape index (κ1) is 15.5. The lowest BCUT2D eigenvalue weighted by atomic mass is 10.1. The molecule has 1 heterocycles. The Bertz CT molecular complexity index is 811. The molecule has 1 N–H and O–H groups in total. The van der Waals surface area contributed by atoms with Crippen molar-refractivity contribution in [3.8, 4) is 17.3 Å². The number of nitriles is 1. The third kappa shape index (κ3) is 3.52. The quantitative estimate of drug-likeness (QED) is 0.874. The molecule has 1 saturated heterocycles. The number of likely N-dealkylation sites (tertiary alicyclic amines) is 1. The third-order valence-corrected chi connectivity index (χ3v) is 5.46. The summed E-state index contributed by atoms with van der Waals surface area (Å²) in [4.78, 5) is 1.80. The molecule has 1 unspecified atom stereocenters. The van der Waals surface area contributed by atoms with Crippen LogP contribution >= 0.6 is 0 Å². The number of nitrogens with one attached hydrogen (secondary N) is 1. The van der Waals surface area contributed by atoms with E-state index < -0.39 is 10.0 Å². The maximum absolute atomic E-state index is 12.4. The normalized spacial score (nSPS) is 17.9. The van der Waals surface area contributed by atoms with Gasteiger partial charge in [0.25, 0.3) is 0 Å². The van der Waals surface area contributed by atoms with E-state index in [1.54, 1.807) is 29.2 Å². The third-order valence-electron chi connectivity index (χ3n) is 3.92. The zero-order valence-corrected chi connectivity index (χ0v) is 13.3. The molecule has 0 radical (unpaired) electrons. The van der Waals surface area contributed by atoms with E-state index in [4.69, 9.17) is 5.26 Å². The fourth-order valence-electron chi connectivity index (χ4n) is 2.69. The standard InChI is InChI=1S/C17H17N3O2S/c18-13-20-11-10-16(12-20)19-23(21,22)17-8-6-15(7-9-17)14-4-2-1-3-5-14/h1-9,16,19H,10-12H2. The van der Waals surface area contributed by atoms with Crippen LogP contribution in [-0.2, 0) is 10.0 Å². The molecule has 1 aliphatic heterocycles. The van der Waals surface area contributed by atoms with E-state index >= 15 is 0 Å². The van der Waals surface area contributed by atoms with Gasteiger partial charge < -0.3 is 4.90 Å². The Hall–Kier alpha value is -2.36. The number of benzene rings is 2. The topological polar surface area (TPSA) is 73.2 Å². The van der Waals surface area contributed by atoms with Gasteiger partial charge in [0, 0.05) is 19.1 Å². The molecule has 1 fully saturated rings. The van der Waals surface area contributed by atoms with Crippen LogP contribution in [0.5, 0.6) is 0 Å². The van der Waals surface area contributed by atoms with E-state index in [1.807, 2.05) is 36.5 Å². The van der Waals surface area contributed by atoms with Crippen LogP contribution in [-0.4, -0.2) is 32.4 Å². The van der Waals surface area contributed by atoms with Gasteiger partial charge in [-0.1, -0.05) is 42.5 Å². The minimum absolute atomic E-state index is 0.214. The Balaban J connectivity index is 1.75. The van der Waals surface area contributed by atoms with Crippen LogP contribution in [0, 0.1) is 11.5 Å². The lowest BCUT2D eigenvalue weighted by Gasteiger charge is -2.13. The van der Waals surface area contributed by atoms with Crippen LogP contribution in [0.15, 0.2) is 59.5 Å². The monoisotopic (exact) mass is 327 g/mol. The lowest BCUT2D eigenvalue weighted by Crippen LogP contribution is -2.36. The minimum atomic E-state index is -3.56. The molecule has 0 amide bonds. The van der Waals surface area contributed by atoms with Crippen molar-refractivity contribution in [1.82, 2.24) is 9.62 Å². The average Bonchev–Trinajstić information content (AvgIpc) is 3.03. The van der Waals surface area contributed by atoms with Gasteiger partial charge >= 0.3 is 0 Å². The summed E-state index contributed by atoms with van der Waals surface area (Å²) in [6, 6.07) is 16.4. The molecule has 23 heavy (non-hydrogen) atoms. The fourth-order valence-corrected chi connectivity index (χ4v) is 3.95. The summed E-state index contributed by atoms with van der Waals surface area (Å²) in [7, 11) is -3.56. The van der Waals surface area contributed by atoms with Crippen molar-refractivity contribution in [3.63, 3.8) is 0 Å². The van der Waals surface area contributed by atoms with E-state index in [0.29, 0.717) is 19.5 Å². The fraction of sp³-hybridized carbons (Fsp3) is 0.235. The van der Waals surface area contributed by atoms with Gasteiger partial charge in [-0.05, 0) is 29.7 Å². The van der Waals surface area contributed by atoms with Crippen molar-refractivity contribution in [3.05, 3.63) is 54.6 Å². The molecule has 0 aromatic heterocycles. The summed E-state index contributed by atoms with van der Waals surface area (Å²) in [6.07, 6.45) is 2.69. The number of sulfonamides is 1. The van der Waals surface area contributed by atoms with Gasteiger partial charge in [0.15, 0.2) is 6.19 Å². The van der Waals surface area contributed by atoms with Gasteiger partial charge in [-0.15, -0.1) is 0 Å². The predicted octanol–water partition coefficient (Wildman–Crippen LogP) is 2.19. The molecule has 6 heteroatoms. The summed E-state index contributed by atoms with van der Waals surface area (Å²) >= 11 is 0. The van der Waals surface area contributed by atoms with Crippen molar-refractivity contribution in [2.24, 2.45) is 0 Å². The Morgan fingerprint density at radius 2 is 1.70 bits per heavy atom. The van der Waals surface area contributed by atoms with Crippen LogP contribution in [0.25, 0.3) is 11.1 Å². The number of rotatable bonds is 4. The van der Waals surface area contributed by atoms with Crippen LogP contribution < -0.4 is 4.72 Å². The molecule has 0 spiro atoms. The van der Waals surface area contributed by atoms with E-state index in [1.165, 1.54) is 0 Å². The van der Waals surface area contributed by atoms with Crippen molar-refractivity contribution in [2.45, 2.75) is 17.4 Å². The van der Waals surface area contributed by atoms with Gasteiger partial charge in [-0.3, -0.25) is 0 Å². The smallest absolute Gasteiger partial charge is 0.240 e. The van der Waals surface area contributed by atoms with E-state index in [-0.39, 0.29) is 10.9 Å². The zero-order valence-electron chi connectivity index (χ0n) is 12.5. The summed E-state index contributed by atoms with van der Waals surface area (Å²) < 4.78 is 27.5. The first-order chi connectivity index (χ1) is 11.1. The van der Waals surface area contributed by atoms with Gasteiger partial charge in [0.1, 0.15) is 0 Å². The summed E-state index contributed by atoms with van der Waals surface area (Å²) in [5, 5.41) is 8.84. The summed E-state index contributed by atoms with van der Waals surface area (Å²) in [5.74, 6) is 0. The molecule has 5 nitrogen and oxygen atoms in total. The maximum Gasteiger partial charge on any atom is 0.240 e. The molecular formula is C17H17N3O2S. The van der Waals surface area contributed by atoms with E-state index in [0.717, 1.165) is 11.1 Å². The van der Waals surface area contributed by atoms with Gasteiger partial charge in [0.2, 0.25) is 10.0 Å². The Morgan fingerprint density at radius 3 is 2.30 bits per heavy atom. The highest BCUT2D eigenvalue weighted by Crippen LogP contribution is 2.21. The zero-order chi connectivity index (χ0) is 16.3. The van der Waals surface area contributed by atoms with Crippen LogP contribution in [0.3, 0.4) is 0 Å². The summed E-state index contributed by atoms with van der Waals surface area (Å²) in [5.41, 5.74) is 2.02. The maximum atomic E-state index is 12.4. The number of hydrogen-bond donors (Lipinski definition) is 1. The van der Waals surface area contributed by atoms with E-state index in [2.05, 4.69) is 4.72 Å². The average molecular weight is 327 g/mol. The van der Waals surface area contributed by atoms with E-state index in [9.17, 15) is 8.42 Å². The largest absolute Gasteiger partial charge is 0.309 e. The van der Waals surface area contributed by atoms with Crippen molar-refractivity contribution >= 4 is 10.0 Å². The molecule has 0 aliphatic carbocycles. The van der Waals surface area contributed by atoms with Crippen LogP contribution in [0.2, 0.25) is 0 Å². The van der Waals surface area contributed by atoms with Gasteiger partial charge in [-0.25, -0.2) is 13.1 Å². The highest BCUT2D eigenvalue weighted by atomic mass is 32.2. The Labute approximate surface area is 136 Å². The molecule has 0 bridgehead atoms. The van der Waals surface area contributed by atoms with Crippen molar-refractivity contribution in [2.75, 3.05) is 13.1 Å². The Kier molecular flexibility index (Phi) is 4.33. The Morgan fingerprint density at radius 1 is 1.04 bits per heavy atom. The predicted molar refractivity (Wildman–Crippen MR) is 87.8 cm³/mol. The first-order valence-corrected chi connectivity index (χ1v) is 8.89. The minimum Gasteiger partial charge on any atom is -0.309 e. The second kappa shape index (κ2) is 6.41. The van der Waals surface area contributed by atoms with Gasteiger partial charge in [-0.2, -0.15) is 5.26 Å². The van der Waals surface area contributed by atoms with Crippen molar-refractivity contribution < 1.29 is 8.42 Å². The van der Waals surface area contributed by atoms with Crippen LogP contribution in [0.4, 0.5) is 0 Å². The second-order valence-electron chi connectivity index (χ2n) is 5.54. The summed E-state index contributed by atoms with van der Waals surface area (Å²) in [6.45, 7) is 1.02. The number of hydrogen-bond acceptors (Lipinski definition) is 4. The van der Waals surface area contributed by atoms with Crippen molar-refractivity contribution in [1.29, 1.82) is 5.26 Å². The molecule has 2 aromatic carbocycles. The molecule has 1 aliphatic rings. The molecule has 2 aromatic rings. The highest BCUT2D eigenvalue weighted by Gasteiger charge is 2.26. The molecule has 118 valence electrons. The second-order valence-corrected chi connectivity index (χ2v) is 7.26. The van der Waals surface area contributed by atoms with Crippen LogP contribution in [0.1, 0.15) is 6.42 Å². The first-order valence-electron chi connectivity index (χ1n) is 7.41.